The topological polar surface area (TPSA) is 46.5 Å². The Morgan fingerprint density at radius 3 is 2.60 bits per heavy atom. The number of hydrogen-bond donors (Lipinski definition) is 1. The minimum atomic E-state index is -1.21. The molecule has 4 atom stereocenters. The van der Waals surface area contributed by atoms with Gasteiger partial charge in [0.15, 0.2) is 0 Å². The van der Waals surface area contributed by atoms with Crippen LogP contribution in [0.25, 0.3) is 0 Å². The molecule has 1 aromatic rings. The highest BCUT2D eigenvalue weighted by Crippen LogP contribution is 2.36. The van der Waals surface area contributed by atoms with Crippen molar-refractivity contribution in [1.82, 2.24) is 0 Å². The number of halogens is 2. The maximum atomic E-state index is 12.5. The lowest BCUT2D eigenvalue weighted by molar-refractivity contribution is -0.152. The van der Waals surface area contributed by atoms with Crippen molar-refractivity contribution in [3.05, 3.63) is 46.0 Å². The van der Waals surface area contributed by atoms with Crippen LogP contribution in [0, 0.1) is 17.8 Å². The van der Waals surface area contributed by atoms with E-state index in [1.165, 1.54) is 6.07 Å². The first-order valence-electron chi connectivity index (χ1n) is 8.73. The fraction of sp³-hybridized carbons (Fsp3) is 0.550. The zero-order chi connectivity index (χ0) is 18.7. The van der Waals surface area contributed by atoms with Crippen LogP contribution in [-0.4, -0.2) is 17.2 Å². The molecule has 1 saturated carbocycles. The van der Waals surface area contributed by atoms with E-state index < -0.39 is 12.1 Å². The molecule has 1 fully saturated rings. The largest absolute Gasteiger partial charge is 0.459 e. The van der Waals surface area contributed by atoms with E-state index in [0.717, 1.165) is 19.3 Å². The molecule has 0 amide bonds. The zero-order valence-corrected chi connectivity index (χ0v) is 16.5. The quantitative estimate of drug-likeness (QED) is 0.531. The molecule has 0 heterocycles. The molecule has 3 nitrogen and oxygen atoms in total. The molecule has 4 unspecified atom stereocenters. The summed E-state index contributed by atoms with van der Waals surface area (Å²) in [4.78, 5) is 12.5. The van der Waals surface area contributed by atoms with Crippen LogP contribution in [0.15, 0.2) is 30.4 Å². The second-order valence-electron chi connectivity index (χ2n) is 7.36. The second kappa shape index (κ2) is 8.57. The number of rotatable bonds is 5. The minimum Gasteiger partial charge on any atom is -0.459 e. The van der Waals surface area contributed by atoms with Crippen molar-refractivity contribution >= 4 is 29.2 Å². The number of ether oxygens (including phenoxy) is 1. The van der Waals surface area contributed by atoms with Crippen molar-refractivity contribution in [2.75, 3.05) is 0 Å². The molecular formula is C20H26Cl2O3. The predicted octanol–water partition coefficient (Wildman–Crippen LogP) is 5.59. The molecule has 5 heteroatoms. The third-order valence-corrected chi connectivity index (χ3v) is 5.63. The first-order chi connectivity index (χ1) is 11.7. The average molecular weight is 385 g/mol. The number of aliphatic hydroxyl groups is 1. The zero-order valence-electron chi connectivity index (χ0n) is 15.0. The second-order valence-corrected chi connectivity index (χ2v) is 8.21. The van der Waals surface area contributed by atoms with Gasteiger partial charge >= 0.3 is 5.97 Å². The number of esters is 1. The van der Waals surface area contributed by atoms with Gasteiger partial charge in [-0.3, -0.25) is 0 Å². The first-order valence-corrected chi connectivity index (χ1v) is 9.49. The van der Waals surface area contributed by atoms with Gasteiger partial charge in [0.1, 0.15) is 12.2 Å². The lowest BCUT2D eigenvalue weighted by Crippen LogP contribution is -2.36. The van der Waals surface area contributed by atoms with E-state index in [4.69, 9.17) is 27.9 Å². The van der Waals surface area contributed by atoms with Crippen LogP contribution in [0.4, 0.5) is 0 Å². The summed E-state index contributed by atoms with van der Waals surface area (Å²) in [7, 11) is 0. The van der Waals surface area contributed by atoms with Crippen LogP contribution >= 0.6 is 23.2 Å². The molecule has 1 N–H and O–H groups in total. The van der Waals surface area contributed by atoms with Crippen molar-refractivity contribution in [3.63, 3.8) is 0 Å². The molecule has 1 aliphatic carbocycles. The van der Waals surface area contributed by atoms with Crippen LogP contribution in [0.3, 0.4) is 0 Å². The molecule has 25 heavy (non-hydrogen) atoms. The highest BCUT2D eigenvalue weighted by molar-refractivity contribution is 6.35. The normalized spacial score (nSPS) is 24.8. The molecule has 0 aromatic heterocycles. The molecule has 1 aromatic carbocycles. The maximum Gasteiger partial charge on any atom is 0.336 e. The van der Waals surface area contributed by atoms with Crippen molar-refractivity contribution in [2.45, 2.75) is 52.2 Å². The van der Waals surface area contributed by atoms with Gasteiger partial charge in [-0.1, -0.05) is 63.0 Å². The molecular weight excluding hydrogens is 359 g/mol. The molecule has 0 aliphatic heterocycles. The lowest BCUT2D eigenvalue weighted by Gasteiger charge is -2.37. The Kier molecular flexibility index (Phi) is 6.95. The van der Waals surface area contributed by atoms with Crippen LogP contribution in [0.1, 0.15) is 51.7 Å². The van der Waals surface area contributed by atoms with Crippen molar-refractivity contribution in [3.8, 4) is 0 Å². The average Bonchev–Trinajstić information content (AvgIpc) is 2.53. The number of carbonyl (C=O) groups is 1. The smallest absolute Gasteiger partial charge is 0.336 e. The number of hydrogen-bond acceptors (Lipinski definition) is 3. The number of benzene rings is 1. The van der Waals surface area contributed by atoms with Gasteiger partial charge in [-0.25, -0.2) is 4.79 Å². The molecule has 2 rings (SSSR count). The fourth-order valence-corrected chi connectivity index (χ4v) is 4.00. The third-order valence-electron chi connectivity index (χ3n) is 5.07. The van der Waals surface area contributed by atoms with Crippen LogP contribution in [0.2, 0.25) is 10.0 Å². The van der Waals surface area contributed by atoms with Gasteiger partial charge in [-0.15, -0.1) is 0 Å². The van der Waals surface area contributed by atoms with E-state index in [1.54, 1.807) is 12.1 Å². The summed E-state index contributed by atoms with van der Waals surface area (Å²) in [6, 6.07) is 4.73. The van der Waals surface area contributed by atoms with E-state index in [9.17, 15) is 9.90 Å². The van der Waals surface area contributed by atoms with Crippen LogP contribution < -0.4 is 0 Å². The summed E-state index contributed by atoms with van der Waals surface area (Å²) in [6.07, 6.45) is 1.70. The fourth-order valence-electron chi connectivity index (χ4n) is 3.49. The summed E-state index contributed by atoms with van der Waals surface area (Å²) >= 11 is 12.0. The Morgan fingerprint density at radius 1 is 1.32 bits per heavy atom. The molecule has 0 radical (unpaired) electrons. The Morgan fingerprint density at radius 2 is 2.00 bits per heavy atom. The molecule has 0 spiro atoms. The monoisotopic (exact) mass is 384 g/mol. The Hall–Kier alpha value is -1.03. The highest BCUT2D eigenvalue weighted by Gasteiger charge is 2.34. The first kappa shape index (κ1) is 20.3. The number of aliphatic hydroxyl groups excluding tert-OH is 1. The van der Waals surface area contributed by atoms with Gasteiger partial charge in [-0.2, -0.15) is 0 Å². The number of carbonyl (C=O) groups excluding carboxylic acids is 1. The summed E-state index contributed by atoms with van der Waals surface area (Å²) < 4.78 is 5.74. The van der Waals surface area contributed by atoms with Gasteiger partial charge < -0.3 is 9.84 Å². The van der Waals surface area contributed by atoms with E-state index in [-0.39, 0.29) is 11.7 Å². The third kappa shape index (κ3) is 4.99. The van der Waals surface area contributed by atoms with Crippen LogP contribution in [-0.2, 0) is 9.53 Å². The standard InChI is InChI=1S/C20H26Cl2O3/c1-11(2)15-7-5-12(3)9-18(15)25-20(24)13(4)19(23)16-8-6-14(21)10-17(16)22/h6,8,10-12,15,18-19,23H,4-5,7,9H2,1-3H3. The van der Waals surface area contributed by atoms with Crippen LogP contribution in [0.5, 0.6) is 0 Å². The minimum absolute atomic E-state index is 0.00930. The summed E-state index contributed by atoms with van der Waals surface area (Å²) in [5, 5.41) is 11.2. The summed E-state index contributed by atoms with van der Waals surface area (Å²) in [6.45, 7) is 10.2. The van der Waals surface area contributed by atoms with Gasteiger partial charge in [0.2, 0.25) is 0 Å². The van der Waals surface area contributed by atoms with E-state index in [0.29, 0.717) is 33.4 Å². The summed E-state index contributed by atoms with van der Waals surface area (Å²) in [5.41, 5.74) is 0.385. The van der Waals surface area contributed by atoms with Crippen molar-refractivity contribution < 1.29 is 14.6 Å². The van der Waals surface area contributed by atoms with Crippen molar-refractivity contribution in [1.29, 1.82) is 0 Å². The van der Waals surface area contributed by atoms with E-state index in [2.05, 4.69) is 27.4 Å². The molecule has 0 saturated heterocycles. The van der Waals surface area contributed by atoms with Crippen molar-refractivity contribution in [2.24, 2.45) is 17.8 Å². The van der Waals surface area contributed by atoms with Gasteiger partial charge in [-0.05, 0) is 42.7 Å². The molecule has 1 aliphatic rings. The van der Waals surface area contributed by atoms with Gasteiger partial charge in [0.05, 0.1) is 5.57 Å². The lowest BCUT2D eigenvalue weighted by atomic mass is 9.75. The molecule has 138 valence electrons. The van der Waals surface area contributed by atoms with E-state index >= 15 is 0 Å². The Balaban J connectivity index is 2.09. The predicted molar refractivity (Wildman–Crippen MR) is 102 cm³/mol. The SMILES string of the molecule is C=C(C(=O)OC1CC(C)CCC1C(C)C)C(O)c1ccc(Cl)cc1Cl. The van der Waals surface area contributed by atoms with E-state index in [1.807, 2.05) is 0 Å². The summed E-state index contributed by atoms with van der Waals surface area (Å²) in [5.74, 6) is 0.735. The maximum absolute atomic E-state index is 12.5. The van der Waals surface area contributed by atoms with Gasteiger partial charge in [0.25, 0.3) is 0 Å². The molecule has 0 bridgehead atoms. The van der Waals surface area contributed by atoms with Gasteiger partial charge in [0, 0.05) is 15.6 Å². The Bertz CT molecular complexity index is 642. The highest BCUT2D eigenvalue weighted by atomic mass is 35.5. The Labute approximate surface area is 160 Å².